The van der Waals surface area contributed by atoms with Crippen molar-refractivity contribution in [1.29, 1.82) is 5.41 Å². The van der Waals surface area contributed by atoms with Crippen molar-refractivity contribution in [2.45, 2.75) is 84.0 Å². The highest BCUT2D eigenvalue weighted by atomic mass is 14.4. The van der Waals surface area contributed by atoms with E-state index in [2.05, 4.69) is 13.5 Å². The molecule has 0 spiro atoms. The van der Waals surface area contributed by atoms with Crippen LogP contribution in [-0.2, 0) is 0 Å². The molecule has 17 heavy (non-hydrogen) atoms. The lowest BCUT2D eigenvalue weighted by Crippen LogP contribution is -1.90. The highest BCUT2D eigenvalue weighted by molar-refractivity contribution is 5.91. The molecule has 0 rings (SSSR count). The monoisotopic (exact) mass is 237 g/mol. The first-order chi connectivity index (χ1) is 8.31. The van der Waals surface area contributed by atoms with E-state index >= 15 is 0 Å². The zero-order chi connectivity index (χ0) is 12.8. The summed E-state index contributed by atoms with van der Waals surface area (Å²) in [6.07, 6.45) is 17.6. The molecule has 0 aliphatic rings. The third-order valence-electron chi connectivity index (χ3n) is 3.30. The maximum atomic E-state index is 7.45. The van der Waals surface area contributed by atoms with Crippen molar-refractivity contribution in [3.63, 3.8) is 0 Å². The van der Waals surface area contributed by atoms with Gasteiger partial charge in [-0.15, -0.1) is 0 Å². The fraction of sp³-hybridized carbons (Fsp3) is 0.812. The van der Waals surface area contributed by atoms with E-state index in [-0.39, 0.29) is 0 Å². The van der Waals surface area contributed by atoms with Crippen LogP contribution in [-0.4, -0.2) is 5.71 Å². The van der Waals surface area contributed by atoms with Crippen LogP contribution in [0.15, 0.2) is 12.7 Å². The minimum atomic E-state index is 0.695. The summed E-state index contributed by atoms with van der Waals surface area (Å²) < 4.78 is 0. The summed E-state index contributed by atoms with van der Waals surface area (Å²) in [5, 5.41) is 7.45. The molecule has 1 N–H and O–H groups in total. The first kappa shape index (κ1) is 16.4. The topological polar surface area (TPSA) is 23.9 Å². The van der Waals surface area contributed by atoms with Crippen LogP contribution in [0.3, 0.4) is 0 Å². The predicted octanol–water partition coefficient (Wildman–Crippen LogP) is 5.89. The van der Waals surface area contributed by atoms with Crippen molar-refractivity contribution in [3.8, 4) is 0 Å². The minimum absolute atomic E-state index is 0.695. The Morgan fingerprint density at radius 1 is 0.824 bits per heavy atom. The van der Waals surface area contributed by atoms with Gasteiger partial charge in [0.25, 0.3) is 0 Å². The Morgan fingerprint density at radius 3 is 1.65 bits per heavy atom. The number of nitrogens with one attached hydrogen (secondary N) is 1. The average Bonchev–Trinajstić information content (AvgIpc) is 2.35. The Morgan fingerprint density at radius 2 is 1.24 bits per heavy atom. The van der Waals surface area contributed by atoms with Gasteiger partial charge >= 0.3 is 0 Å². The number of allylic oxidation sites excluding steroid dienone is 1. The van der Waals surface area contributed by atoms with Gasteiger partial charge in [0, 0.05) is 5.71 Å². The van der Waals surface area contributed by atoms with Crippen LogP contribution >= 0.6 is 0 Å². The van der Waals surface area contributed by atoms with Crippen LogP contribution in [0.25, 0.3) is 0 Å². The van der Waals surface area contributed by atoms with Crippen molar-refractivity contribution < 1.29 is 0 Å². The van der Waals surface area contributed by atoms with Crippen LogP contribution in [0.5, 0.6) is 0 Å². The standard InChI is InChI=1S/C16H31N/c1-3-5-6-7-8-9-10-11-12-13-14-15-16(17)4-2/h4,17H,2-3,5-15H2,1H3. The lowest BCUT2D eigenvalue weighted by Gasteiger charge is -2.02. The van der Waals surface area contributed by atoms with E-state index in [0.29, 0.717) is 5.71 Å². The second-order valence-electron chi connectivity index (χ2n) is 5.01. The summed E-state index contributed by atoms with van der Waals surface area (Å²) in [6, 6.07) is 0. The van der Waals surface area contributed by atoms with Gasteiger partial charge in [-0.1, -0.05) is 77.7 Å². The smallest absolute Gasteiger partial charge is 0.0308 e. The van der Waals surface area contributed by atoms with E-state index < -0.39 is 0 Å². The van der Waals surface area contributed by atoms with Gasteiger partial charge in [0.1, 0.15) is 0 Å². The Balaban J connectivity index is 2.98. The van der Waals surface area contributed by atoms with Crippen molar-refractivity contribution in [1.82, 2.24) is 0 Å². The average molecular weight is 237 g/mol. The molecule has 1 nitrogen and oxygen atoms in total. The molecular weight excluding hydrogens is 206 g/mol. The molecule has 0 atom stereocenters. The molecule has 0 bridgehead atoms. The summed E-state index contributed by atoms with van der Waals surface area (Å²) in [7, 11) is 0. The first-order valence-electron chi connectivity index (χ1n) is 7.51. The maximum absolute atomic E-state index is 7.45. The predicted molar refractivity (Wildman–Crippen MR) is 79.0 cm³/mol. The van der Waals surface area contributed by atoms with Crippen LogP contribution in [0.1, 0.15) is 84.0 Å². The fourth-order valence-electron chi connectivity index (χ4n) is 2.08. The van der Waals surface area contributed by atoms with E-state index in [9.17, 15) is 0 Å². The van der Waals surface area contributed by atoms with Gasteiger partial charge < -0.3 is 5.41 Å². The first-order valence-corrected chi connectivity index (χ1v) is 7.51. The van der Waals surface area contributed by atoms with Crippen LogP contribution < -0.4 is 0 Å². The molecule has 0 aromatic carbocycles. The summed E-state index contributed by atoms with van der Waals surface area (Å²) in [4.78, 5) is 0. The molecule has 0 aliphatic carbocycles. The lowest BCUT2D eigenvalue weighted by molar-refractivity contribution is 0.552. The van der Waals surface area contributed by atoms with Crippen molar-refractivity contribution in [3.05, 3.63) is 12.7 Å². The second kappa shape index (κ2) is 13.5. The maximum Gasteiger partial charge on any atom is 0.0308 e. The second-order valence-corrected chi connectivity index (χ2v) is 5.01. The number of unbranched alkanes of at least 4 members (excludes halogenated alkanes) is 10. The Bertz CT molecular complexity index is 184. The molecule has 0 saturated carbocycles. The van der Waals surface area contributed by atoms with E-state index in [1.165, 1.54) is 70.6 Å². The molecule has 0 amide bonds. The van der Waals surface area contributed by atoms with Crippen molar-refractivity contribution in [2.24, 2.45) is 0 Å². The molecule has 0 aromatic rings. The van der Waals surface area contributed by atoms with Crippen LogP contribution in [0.2, 0.25) is 0 Å². The summed E-state index contributed by atoms with van der Waals surface area (Å²) in [5.74, 6) is 0. The summed E-state index contributed by atoms with van der Waals surface area (Å²) >= 11 is 0. The normalized spacial score (nSPS) is 10.4. The van der Waals surface area contributed by atoms with E-state index in [0.717, 1.165) is 6.42 Å². The van der Waals surface area contributed by atoms with Gasteiger partial charge in [0.05, 0.1) is 0 Å². The van der Waals surface area contributed by atoms with Gasteiger partial charge in [-0.05, 0) is 18.9 Å². The fourth-order valence-corrected chi connectivity index (χ4v) is 2.08. The Hall–Kier alpha value is -0.590. The zero-order valence-corrected chi connectivity index (χ0v) is 11.8. The van der Waals surface area contributed by atoms with E-state index in [1.54, 1.807) is 6.08 Å². The molecule has 100 valence electrons. The molecule has 1 heteroatoms. The van der Waals surface area contributed by atoms with Gasteiger partial charge in [0.2, 0.25) is 0 Å². The number of hydrogen-bond donors (Lipinski definition) is 1. The summed E-state index contributed by atoms with van der Waals surface area (Å²) in [5.41, 5.74) is 0.695. The third kappa shape index (κ3) is 13.3. The van der Waals surface area contributed by atoms with E-state index in [1.807, 2.05) is 0 Å². The van der Waals surface area contributed by atoms with Gasteiger partial charge in [-0.2, -0.15) is 0 Å². The number of rotatable bonds is 13. The van der Waals surface area contributed by atoms with Gasteiger partial charge in [-0.25, -0.2) is 0 Å². The van der Waals surface area contributed by atoms with Crippen LogP contribution in [0.4, 0.5) is 0 Å². The lowest BCUT2D eigenvalue weighted by atomic mass is 10.0. The highest BCUT2D eigenvalue weighted by Gasteiger charge is 1.94. The van der Waals surface area contributed by atoms with Crippen LogP contribution in [0, 0.1) is 5.41 Å². The van der Waals surface area contributed by atoms with E-state index in [4.69, 9.17) is 5.41 Å². The zero-order valence-electron chi connectivity index (χ0n) is 11.8. The third-order valence-corrected chi connectivity index (χ3v) is 3.30. The Labute approximate surface area is 108 Å². The molecule has 0 radical (unpaired) electrons. The van der Waals surface area contributed by atoms with Gasteiger partial charge in [-0.3, -0.25) is 0 Å². The molecule has 0 aliphatic heterocycles. The van der Waals surface area contributed by atoms with Crippen molar-refractivity contribution in [2.75, 3.05) is 0 Å². The highest BCUT2D eigenvalue weighted by Crippen LogP contribution is 2.11. The Kier molecular flexibility index (Phi) is 13.0. The van der Waals surface area contributed by atoms with Crippen molar-refractivity contribution >= 4 is 5.71 Å². The molecule has 0 aromatic heterocycles. The summed E-state index contributed by atoms with van der Waals surface area (Å²) in [6.45, 7) is 5.88. The quantitative estimate of drug-likeness (QED) is 0.305. The molecule has 0 saturated heterocycles. The molecule has 0 fully saturated rings. The SMILES string of the molecule is C=CC(=N)CCCCCCCCCCCCC. The minimum Gasteiger partial charge on any atom is -0.305 e. The largest absolute Gasteiger partial charge is 0.305 e. The molecule has 0 unspecified atom stereocenters. The molecular formula is C16H31N. The number of hydrogen-bond acceptors (Lipinski definition) is 1. The van der Waals surface area contributed by atoms with Gasteiger partial charge in [0.15, 0.2) is 0 Å². The molecule has 0 heterocycles.